The van der Waals surface area contributed by atoms with E-state index in [0.717, 1.165) is 46.4 Å². The van der Waals surface area contributed by atoms with E-state index in [-0.39, 0.29) is 11.6 Å². The summed E-state index contributed by atoms with van der Waals surface area (Å²) in [7, 11) is 4.83. The molecule has 2 aliphatic rings. The minimum Gasteiger partial charge on any atom is -0.493 e. The third-order valence-corrected chi connectivity index (χ3v) is 10.3. The summed E-state index contributed by atoms with van der Waals surface area (Å²) in [6.07, 6.45) is 3.54. The summed E-state index contributed by atoms with van der Waals surface area (Å²) in [4.78, 5) is 20.1. The summed E-state index contributed by atoms with van der Waals surface area (Å²) in [6.45, 7) is 0.341. The summed E-state index contributed by atoms with van der Waals surface area (Å²) in [6, 6.07) is 25.2. The van der Waals surface area contributed by atoms with E-state index >= 15 is 0 Å². The first-order valence-electron chi connectivity index (χ1n) is 15.0. The number of rotatable bonds is 8. The van der Waals surface area contributed by atoms with Gasteiger partial charge in [0.25, 0.3) is 5.56 Å². The fraction of sp³-hybridized carbons (Fsp3) is 0.189. The van der Waals surface area contributed by atoms with Crippen molar-refractivity contribution in [2.75, 3.05) is 21.3 Å². The fourth-order valence-electron chi connectivity index (χ4n) is 6.20. The van der Waals surface area contributed by atoms with Crippen molar-refractivity contribution in [1.82, 2.24) is 4.57 Å². The Morgan fingerprint density at radius 1 is 0.936 bits per heavy atom. The van der Waals surface area contributed by atoms with Gasteiger partial charge in [-0.15, -0.1) is 0 Å². The van der Waals surface area contributed by atoms with Crippen LogP contribution in [0.3, 0.4) is 0 Å². The minimum absolute atomic E-state index is 0.114. The molecule has 0 N–H and O–H groups in total. The van der Waals surface area contributed by atoms with Gasteiger partial charge in [0.1, 0.15) is 6.61 Å². The number of nitrogens with zero attached hydrogens (tertiary/aromatic N) is 2. The molecule has 0 saturated heterocycles. The molecule has 7 rings (SSSR count). The van der Waals surface area contributed by atoms with Gasteiger partial charge in [-0.1, -0.05) is 65.4 Å². The average Bonchev–Trinajstić information content (AvgIpc) is 3.40. The third kappa shape index (κ3) is 5.88. The Morgan fingerprint density at radius 3 is 2.47 bits per heavy atom. The van der Waals surface area contributed by atoms with E-state index in [1.807, 2.05) is 71.3 Å². The predicted molar refractivity (Wildman–Crippen MR) is 189 cm³/mol. The zero-order valence-electron chi connectivity index (χ0n) is 25.9. The van der Waals surface area contributed by atoms with Gasteiger partial charge in [-0.2, -0.15) is 0 Å². The standard InChI is InChI=1S/C37H30BrClN2O5S/c1-43-29-15-11-24(19-30(29)44-2)34-27-14-10-23-6-4-5-7-26(23)33(27)40-37-41(34)36(42)32(47-37)18-22-16-28(38)35(31(17-22)45-3)46-20-21-8-12-25(39)13-9-21/h4-9,11-13,15-19,34H,10,14,20H2,1-3H3/b32-18+/t34-/m1/s1. The maximum absolute atomic E-state index is 14.3. The molecule has 1 atom stereocenters. The summed E-state index contributed by atoms with van der Waals surface area (Å²) < 4.78 is 26.1. The van der Waals surface area contributed by atoms with E-state index < -0.39 is 0 Å². The van der Waals surface area contributed by atoms with Crippen LogP contribution < -0.4 is 33.8 Å². The lowest BCUT2D eigenvalue weighted by Crippen LogP contribution is -2.38. The number of ether oxygens (including phenoxy) is 4. The number of benzene rings is 4. The number of halogens is 2. The van der Waals surface area contributed by atoms with E-state index in [2.05, 4.69) is 34.1 Å². The largest absolute Gasteiger partial charge is 0.493 e. The van der Waals surface area contributed by atoms with Crippen LogP contribution in [0.5, 0.6) is 23.0 Å². The molecule has 1 aliphatic carbocycles. The van der Waals surface area contributed by atoms with Gasteiger partial charge >= 0.3 is 0 Å². The molecule has 10 heteroatoms. The highest BCUT2D eigenvalue weighted by molar-refractivity contribution is 9.10. The second-order valence-electron chi connectivity index (χ2n) is 11.2. The van der Waals surface area contributed by atoms with Crippen molar-refractivity contribution in [2.24, 2.45) is 4.99 Å². The average molecular weight is 730 g/mol. The fourth-order valence-corrected chi connectivity index (χ4v) is 7.90. The molecule has 0 amide bonds. The van der Waals surface area contributed by atoms with Gasteiger partial charge in [-0.25, -0.2) is 4.99 Å². The molecular weight excluding hydrogens is 700 g/mol. The van der Waals surface area contributed by atoms with E-state index in [4.69, 9.17) is 35.5 Å². The molecule has 1 aliphatic heterocycles. The molecule has 7 nitrogen and oxygen atoms in total. The minimum atomic E-state index is -0.346. The Kier molecular flexibility index (Phi) is 8.70. The normalized spacial score (nSPS) is 15.3. The van der Waals surface area contributed by atoms with Gasteiger partial charge in [0.05, 0.1) is 42.1 Å². The first kappa shape index (κ1) is 31.3. The molecule has 0 bridgehead atoms. The predicted octanol–water partition coefficient (Wildman–Crippen LogP) is 7.34. The van der Waals surface area contributed by atoms with Gasteiger partial charge in [0.15, 0.2) is 27.8 Å². The van der Waals surface area contributed by atoms with Crippen molar-refractivity contribution < 1.29 is 18.9 Å². The molecule has 1 aromatic heterocycles. The van der Waals surface area contributed by atoms with Gasteiger partial charge in [0.2, 0.25) is 0 Å². The highest BCUT2D eigenvalue weighted by Gasteiger charge is 2.33. The number of allylic oxidation sites excluding steroid dienone is 1. The number of aromatic nitrogens is 1. The van der Waals surface area contributed by atoms with Gasteiger partial charge in [-0.05, 0) is 99.1 Å². The van der Waals surface area contributed by atoms with E-state index in [1.54, 1.807) is 21.3 Å². The molecule has 2 heterocycles. The number of aryl methyl sites for hydroxylation is 1. The van der Waals surface area contributed by atoms with Crippen molar-refractivity contribution in [2.45, 2.75) is 25.5 Å². The molecule has 0 unspecified atom stereocenters. The third-order valence-electron chi connectivity index (χ3n) is 8.44. The number of fused-ring (bicyclic) bond motifs is 3. The lowest BCUT2D eigenvalue weighted by molar-refractivity contribution is 0.282. The SMILES string of the molecule is COc1ccc([C@@H]2C3=C(N=c4s/c(=C/c5cc(Br)c(OCc6ccc(Cl)cc6)c(OC)c5)c(=O)n42)c2ccccc2CC3)cc1OC. The zero-order chi connectivity index (χ0) is 32.7. The Balaban J connectivity index is 1.34. The summed E-state index contributed by atoms with van der Waals surface area (Å²) in [5.41, 5.74) is 7.00. The first-order valence-corrected chi connectivity index (χ1v) is 17.0. The summed E-state index contributed by atoms with van der Waals surface area (Å²) in [5.74, 6) is 2.35. The van der Waals surface area contributed by atoms with Crippen molar-refractivity contribution in [3.8, 4) is 23.0 Å². The molecule has 0 spiro atoms. The van der Waals surface area contributed by atoms with Gasteiger partial charge in [0, 0.05) is 10.6 Å². The molecule has 238 valence electrons. The van der Waals surface area contributed by atoms with Crippen LogP contribution in [0, 0.1) is 0 Å². The summed E-state index contributed by atoms with van der Waals surface area (Å²) >= 11 is 11.1. The Labute approximate surface area is 289 Å². The maximum atomic E-state index is 14.3. The molecule has 5 aromatic rings. The Morgan fingerprint density at radius 2 is 1.70 bits per heavy atom. The number of hydrogen-bond donors (Lipinski definition) is 0. The maximum Gasteiger partial charge on any atom is 0.271 e. The molecule has 0 radical (unpaired) electrons. The number of methoxy groups -OCH3 is 3. The molecule has 4 aromatic carbocycles. The quantitative estimate of drug-likeness (QED) is 0.167. The molecule has 0 fully saturated rings. The monoisotopic (exact) mass is 728 g/mol. The lowest BCUT2D eigenvalue weighted by atomic mass is 9.83. The number of hydrogen-bond acceptors (Lipinski definition) is 7. The zero-order valence-corrected chi connectivity index (χ0v) is 29.0. The van der Waals surface area contributed by atoms with E-state index in [0.29, 0.717) is 48.4 Å². The van der Waals surface area contributed by atoms with Crippen LogP contribution in [-0.4, -0.2) is 25.9 Å². The van der Waals surface area contributed by atoms with Crippen LogP contribution in [0.4, 0.5) is 0 Å². The lowest BCUT2D eigenvalue weighted by Gasteiger charge is -2.31. The van der Waals surface area contributed by atoms with Gasteiger partial charge < -0.3 is 18.9 Å². The molecule has 47 heavy (non-hydrogen) atoms. The van der Waals surface area contributed by atoms with Crippen LogP contribution in [0.25, 0.3) is 11.8 Å². The van der Waals surface area contributed by atoms with Gasteiger partial charge in [-0.3, -0.25) is 9.36 Å². The number of thiazole rings is 1. The van der Waals surface area contributed by atoms with E-state index in [1.165, 1.54) is 16.9 Å². The topological polar surface area (TPSA) is 71.3 Å². The highest BCUT2D eigenvalue weighted by Crippen LogP contribution is 2.43. The Bertz CT molecular complexity index is 2230. The molecule has 0 saturated carbocycles. The van der Waals surface area contributed by atoms with Crippen LogP contribution in [0.1, 0.15) is 40.3 Å². The second kappa shape index (κ2) is 13.1. The van der Waals surface area contributed by atoms with Crippen molar-refractivity contribution in [3.63, 3.8) is 0 Å². The highest BCUT2D eigenvalue weighted by atomic mass is 79.9. The van der Waals surface area contributed by atoms with Crippen LogP contribution in [-0.2, 0) is 13.0 Å². The smallest absolute Gasteiger partial charge is 0.271 e. The van der Waals surface area contributed by atoms with Crippen LogP contribution in [0.2, 0.25) is 5.02 Å². The summed E-state index contributed by atoms with van der Waals surface area (Å²) in [5, 5.41) is 0.669. The Hall–Kier alpha value is -4.31. The molecular formula is C37H30BrClN2O5S. The van der Waals surface area contributed by atoms with Crippen molar-refractivity contribution >= 4 is 50.6 Å². The van der Waals surface area contributed by atoms with Crippen LogP contribution in [0.15, 0.2) is 98.7 Å². The van der Waals surface area contributed by atoms with Crippen molar-refractivity contribution in [3.05, 3.63) is 141 Å². The van der Waals surface area contributed by atoms with E-state index in [9.17, 15) is 4.79 Å². The van der Waals surface area contributed by atoms with Crippen molar-refractivity contribution in [1.29, 1.82) is 0 Å². The first-order chi connectivity index (χ1) is 22.9. The van der Waals surface area contributed by atoms with Crippen LogP contribution >= 0.6 is 38.9 Å². The second-order valence-corrected chi connectivity index (χ2v) is 13.5.